The molecule has 1 rings (SSSR count). The molecule has 20 heavy (non-hydrogen) atoms. The summed E-state index contributed by atoms with van der Waals surface area (Å²) in [6.45, 7) is 0. The van der Waals surface area contributed by atoms with Crippen LogP contribution < -0.4 is 0 Å². The van der Waals surface area contributed by atoms with Gasteiger partial charge in [0.05, 0.1) is 0 Å². The molecule has 0 aliphatic heterocycles. The van der Waals surface area contributed by atoms with Crippen LogP contribution in [0.25, 0.3) is 0 Å². The fourth-order valence-corrected chi connectivity index (χ4v) is 2.93. The van der Waals surface area contributed by atoms with Gasteiger partial charge in [0.1, 0.15) is 0 Å². The van der Waals surface area contributed by atoms with E-state index in [4.69, 9.17) is 0 Å². The van der Waals surface area contributed by atoms with Crippen molar-refractivity contribution in [3.05, 3.63) is 24.3 Å². The summed E-state index contributed by atoms with van der Waals surface area (Å²) in [6, 6.07) is 0. The third kappa shape index (κ3) is 12.5. The molecule has 0 heteroatoms. The van der Waals surface area contributed by atoms with Crippen LogP contribution in [0.3, 0.4) is 0 Å². The third-order valence-electron chi connectivity index (χ3n) is 4.32. The van der Waals surface area contributed by atoms with Crippen LogP contribution in [-0.4, -0.2) is 0 Å². The van der Waals surface area contributed by atoms with Crippen LogP contribution in [0.4, 0.5) is 0 Å². The van der Waals surface area contributed by atoms with Gasteiger partial charge < -0.3 is 0 Å². The van der Waals surface area contributed by atoms with E-state index in [0.717, 1.165) is 0 Å². The fourth-order valence-electron chi connectivity index (χ4n) is 2.93. The van der Waals surface area contributed by atoms with Gasteiger partial charge in [-0.05, 0) is 51.4 Å². The molecular weight excluding hydrogens is 240 g/mol. The van der Waals surface area contributed by atoms with Gasteiger partial charge in [-0.3, -0.25) is 0 Å². The second-order valence-electron chi connectivity index (χ2n) is 6.34. The summed E-state index contributed by atoms with van der Waals surface area (Å²) in [5, 5.41) is 0. The van der Waals surface area contributed by atoms with Gasteiger partial charge in [-0.1, -0.05) is 75.7 Å². The van der Waals surface area contributed by atoms with Gasteiger partial charge >= 0.3 is 0 Å². The van der Waals surface area contributed by atoms with E-state index in [1.807, 2.05) is 0 Å². The SMILES string of the molecule is C1=C\CCCCCCCCCC/C=C\CCCCCC/1. The van der Waals surface area contributed by atoms with Gasteiger partial charge in [0.15, 0.2) is 0 Å². The maximum atomic E-state index is 2.42. The topological polar surface area (TPSA) is 0 Å². The molecule has 0 bridgehead atoms. The molecule has 0 fully saturated rings. The average molecular weight is 277 g/mol. The lowest BCUT2D eigenvalue weighted by Gasteiger charge is -2.01. The van der Waals surface area contributed by atoms with E-state index >= 15 is 0 Å². The van der Waals surface area contributed by atoms with E-state index in [2.05, 4.69) is 24.3 Å². The predicted octanol–water partition coefficient (Wildman–Crippen LogP) is 7.35. The van der Waals surface area contributed by atoms with E-state index in [-0.39, 0.29) is 0 Å². The van der Waals surface area contributed by atoms with Gasteiger partial charge in [0, 0.05) is 0 Å². The lowest BCUT2D eigenvalue weighted by atomic mass is 10.1. The highest BCUT2D eigenvalue weighted by atomic mass is 14.0. The van der Waals surface area contributed by atoms with E-state index in [1.165, 1.54) is 103 Å². The maximum absolute atomic E-state index is 2.42. The Morgan fingerprint density at radius 2 is 0.450 bits per heavy atom. The normalized spacial score (nSPS) is 25.6. The van der Waals surface area contributed by atoms with Crippen molar-refractivity contribution in [3.8, 4) is 0 Å². The fraction of sp³-hybridized carbons (Fsp3) is 0.800. The molecule has 0 spiro atoms. The van der Waals surface area contributed by atoms with Crippen molar-refractivity contribution in [2.75, 3.05) is 0 Å². The minimum Gasteiger partial charge on any atom is -0.0885 e. The Balaban J connectivity index is 2.11. The number of rotatable bonds is 0. The molecule has 0 unspecified atom stereocenters. The predicted molar refractivity (Wildman–Crippen MR) is 92.2 cm³/mol. The second kappa shape index (κ2) is 14.9. The van der Waals surface area contributed by atoms with Gasteiger partial charge in [-0.2, -0.15) is 0 Å². The molecule has 0 aromatic carbocycles. The first-order chi connectivity index (χ1) is 10.0. The van der Waals surface area contributed by atoms with E-state index < -0.39 is 0 Å². The first-order valence-electron chi connectivity index (χ1n) is 9.30. The molecule has 0 N–H and O–H groups in total. The van der Waals surface area contributed by atoms with Crippen LogP contribution in [0, 0.1) is 0 Å². The van der Waals surface area contributed by atoms with Crippen LogP contribution >= 0.6 is 0 Å². The number of hydrogen-bond acceptors (Lipinski definition) is 0. The average Bonchev–Trinajstić information content (AvgIpc) is 2.46. The largest absolute Gasteiger partial charge is 0.0885 e. The molecule has 1 aliphatic carbocycles. The molecule has 0 amide bonds. The lowest BCUT2D eigenvalue weighted by molar-refractivity contribution is 0.570. The Hall–Kier alpha value is -0.520. The summed E-state index contributed by atoms with van der Waals surface area (Å²) in [7, 11) is 0. The highest BCUT2D eigenvalue weighted by Crippen LogP contribution is 2.12. The van der Waals surface area contributed by atoms with Crippen molar-refractivity contribution in [2.45, 2.75) is 103 Å². The standard InChI is InChI=1S/C20H36/c1-2-4-6-8-10-12-14-16-18-20-19-17-15-13-11-9-7-5-3-1/h1-2,15,17H,3-14,16,18-20H2/b2-1-,17-15-. The molecular formula is C20H36. The van der Waals surface area contributed by atoms with Crippen molar-refractivity contribution in [2.24, 2.45) is 0 Å². The summed E-state index contributed by atoms with van der Waals surface area (Å²) >= 11 is 0. The Kier molecular flexibility index (Phi) is 13.0. The van der Waals surface area contributed by atoms with Crippen molar-refractivity contribution in [1.29, 1.82) is 0 Å². The Labute approximate surface area is 127 Å². The summed E-state index contributed by atoms with van der Waals surface area (Å²) in [5.74, 6) is 0. The van der Waals surface area contributed by atoms with Crippen LogP contribution in [0.2, 0.25) is 0 Å². The molecule has 0 atom stereocenters. The molecule has 116 valence electrons. The van der Waals surface area contributed by atoms with Crippen LogP contribution in [0.1, 0.15) is 103 Å². The first kappa shape index (κ1) is 17.5. The van der Waals surface area contributed by atoms with E-state index in [1.54, 1.807) is 0 Å². The first-order valence-corrected chi connectivity index (χ1v) is 9.30. The number of hydrogen-bond donors (Lipinski definition) is 0. The van der Waals surface area contributed by atoms with Crippen LogP contribution in [0.15, 0.2) is 24.3 Å². The summed E-state index contributed by atoms with van der Waals surface area (Å²) in [4.78, 5) is 0. The molecule has 0 aromatic heterocycles. The molecule has 0 nitrogen and oxygen atoms in total. The van der Waals surface area contributed by atoms with Crippen molar-refractivity contribution in [3.63, 3.8) is 0 Å². The molecule has 0 saturated carbocycles. The summed E-state index contributed by atoms with van der Waals surface area (Å²) in [6.07, 6.45) is 32.0. The molecule has 1 aliphatic rings. The van der Waals surface area contributed by atoms with Crippen molar-refractivity contribution in [1.82, 2.24) is 0 Å². The zero-order valence-corrected chi connectivity index (χ0v) is 13.6. The summed E-state index contributed by atoms with van der Waals surface area (Å²) < 4.78 is 0. The van der Waals surface area contributed by atoms with Gasteiger partial charge in [0.25, 0.3) is 0 Å². The second-order valence-corrected chi connectivity index (χ2v) is 6.34. The smallest absolute Gasteiger partial charge is 0.0351 e. The zero-order valence-electron chi connectivity index (χ0n) is 13.6. The quantitative estimate of drug-likeness (QED) is 0.405. The minimum atomic E-state index is 1.30. The van der Waals surface area contributed by atoms with E-state index in [0.29, 0.717) is 0 Å². The summed E-state index contributed by atoms with van der Waals surface area (Å²) in [5.41, 5.74) is 0. The third-order valence-corrected chi connectivity index (χ3v) is 4.32. The molecule has 0 radical (unpaired) electrons. The van der Waals surface area contributed by atoms with Crippen LogP contribution in [0.5, 0.6) is 0 Å². The van der Waals surface area contributed by atoms with Gasteiger partial charge in [0.2, 0.25) is 0 Å². The highest BCUT2D eigenvalue weighted by molar-refractivity contribution is 4.82. The highest BCUT2D eigenvalue weighted by Gasteiger charge is 1.92. The van der Waals surface area contributed by atoms with Crippen molar-refractivity contribution >= 4 is 0 Å². The molecule has 0 saturated heterocycles. The maximum Gasteiger partial charge on any atom is -0.0351 e. The zero-order chi connectivity index (χ0) is 14.1. The van der Waals surface area contributed by atoms with E-state index in [9.17, 15) is 0 Å². The van der Waals surface area contributed by atoms with Gasteiger partial charge in [-0.25, -0.2) is 0 Å². The van der Waals surface area contributed by atoms with Crippen LogP contribution in [-0.2, 0) is 0 Å². The van der Waals surface area contributed by atoms with Crippen molar-refractivity contribution < 1.29 is 0 Å². The van der Waals surface area contributed by atoms with Gasteiger partial charge in [-0.15, -0.1) is 0 Å². The molecule has 0 heterocycles. The minimum absolute atomic E-state index is 1.30. The Morgan fingerprint density at radius 3 is 0.700 bits per heavy atom. The molecule has 0 aromatic rings. The Morgan fingerprint density at radius 1 is 0.250 bits per heavy atom. The lowest BCUT2D eigenvalue weighted by Crippen LogP contribution is -1.82. The number of allylic oxidation sites excluding steroid dienone is 4. The Bertz CT molecular complexity index is 210. The monoisotopic (exact) mass is 276 g/mol.